The highest BCUT2D eigenvalue weighted by molar-refractivity contribution is 7.12. The fourth-order valence-corrected chi connectivity index (χ4v) is 2.74. The van der Waals surface area contributed by atoms with Gasteiger partial charge in [-0.25, -0.2) is 4.98 Å². The largest absolute Gasteiger partial charge is 0.481 e. The molecule has 2 rings (SSSR count). The lowest BCUT2D eigenvalue weighted by Crippen LogP contribution is -2.17. The van der Waals surface area contributed by atoms with Gasteiger partial charge in [-0.05, 0) is 12.8 Å². The van der Waals surface area contributed by atoms with E-state index in [4.69, 9.17) is 5.11 Å². The quantitative estimate of drug-likeness (QED) is 0.841. The Bertz CT molecular complexity index is 399. The van der Waals surface area contributed by atoms with Crippen LogP contribution in [0.2, 0.25) is 0 Å². The van der Waals surface area contributed by atoms with Crippen LogP contribution in [0.5, 0.6) is 0 Å². The molecule has 1 aliphatic carbocycles. The van der Waals surface area contributed by atoms with E-state index in [0.29, 0.717) is 0 Å². The van der Waals surface area contributed by atoms with Gasteiger partial charge in [0.05, 0.1) is 5.01 Å². The van der Waals surface area contributed by atoms with Crippen LogP contribution in [0.25, 0.3) is 0 Å². The molecule has 0 atom stereocenters. The molecule has 0 amide bonds. The lowest BCUT2D eigenvalue weighted by molar-refractivity contribution is -0.139. The van der Waals surface area contributed by atoms with E-state index >= 15 is 0 Å². The number of aliphatic carboxylic acids is 1. The molecular formula is C11H15NO2S. The SMILES string of the molecule is CC(C)(C)c1ncc(C2(C(=O)O)CC2)s1. The van der Waals surface area contributed by atoms with E-state index < -0.39 is 11.4 Å². The number of carboxylic acids is 1. The summed E-state index contributed by atoms with van der Waals surface area (Å²) in [4.78, 5) is 16.4. The predicted octanol–water partition coefficient (Wildman–Crippen LogP) is 2.56. The number of thiazole rings is 1. The van der Waals surface area contributed by atoms with Gasteiger partial charge < -0.3 is 5.11 Å². The fourth-order valence-electron chi connectivity index (χ4n) is 1.53. The van der Waals surface area contributed by atoms with Gasteiger partial charge in [-0.15, -0.1) is 11.3 Å². The third-order valence-electron chi connectivity index (χ3n) is 2.78. The van der Waals surface area contributed by atoms with Gasteiger partial charge in [0.25, 0.3) is 0 Å². The molecule has 1 heterocycles. The third-order valence-corrected chi connectivity index (χ3v) is 4.41. The molecular weight excluding hydrogens is 210 g/mol. The molecule has 0 spiro atoms. The molecule has 1 aromatic heterocycles. The first-order chi connectivity index (χ1) is 6.86. The van der Waals surface area contributed by atoms with Crippen molar-refractivity contribution < 1.29 is 9.90 Å². The van der Waals surface area contributed by atoms with Crippen molar-refractivity contribution in [3.63, 3.8) is 0 Å². The minimum absolute atomic E-state index is 0.0114. The molecule has 4 heteroatoms. The molecule has 3 nitrogen and oxygen atoms in total. The first-order valence-corrected chi connectivity index (χ1v) is 5.88. The maximum absolute atomic E-state index is 11.1. The number of aromatic nitrogens is 1. The molecule has 1 aliphatic rings. The zero-order valence-electron chi connectivity index (χ0n) is 9.20. The highest BCUT2D eigenvalue weighted by Gasteiger charge is 2.53. The van der Waals surface area contributed by atoms with Crippen LogP contribution in [0.4, 0.5) is 0 Å². The van der Waals surface area contributed by atoms with Crippen LogP contribution in [0.15, 0.2) is 6.20 Å². The highest BCUT2D eigenvalue weighted by atomic mass is 32.1. The Labute approximate surface area is 93.2 Å². The van der Waals surface area contributed by atoms with Gasteiger partial charge in [0, 0.05) is 16.5 Å². The Hall–Kier alpha value is -0.900. The standard InChI is InChI=1S/C11H15NO2S/c1-10(2,3)8-12-6-7(15-8)11(4-5-11)9(13)14/h6H,4-5H2,1-3H3,(H,13,14). The van der Waals surface area contributed by atoms with Crippen LogP contribution in [0.1, 0.15) is 43.5 Å². The van der Waals surface area contributed by atoms with Gasteiger partial charge in [0.1, 0.15) is 5.41 Å². The van der Waals surface area contributed by atoms with Gasteiger partial charge >= 0.3 is 5.97 Å². The monoisotopic (exact) mass is 225 g/mol. The van der Waals surface area contributed by atoms with Crippen molar-refractivity contribution in [2.45, 2.75) is 44.4 Å². The van der Waals surface area contributed by atoms with E-state index in [-0.39, 0.29) is 5.41 Å². The van der Waals surface area contributed by atoms with Gasteiger partial charge in [-0.2, -0.15) is 0 Å². The van der Waals surface area contributed by atoms with Gasteiger partial charge in [0.15, 0.2) is 0 Å². The maximum Gasteiger partial charge on any atom is 0.315 e. The van der Waals surface area contributed by atoms with Crippen molar-refractivity contribution in [2.75, 3.05) is 0 Å². The average Bonchev–Trinajstić information content (AvgIpc) is 2.75. The summed E-state index contributed by atoms with van der Waals surface area (Å²) in [5.74, 6) is -0.702. The minimum Gasteiger partial charge on any atom is -0.481 e. The summed E-state index contributed by atoms with van der Waals surface area (Å²) >= 11 is 1.55. The topological polar surface area (TPSA) is 50.2 Å². The Morgan fingerprint density at radius 3 is 2.47 bits per heavy atom. The molecule has 0 aliphatic heterocycles. The molecule has 1 aromatic rings. The second kappa shape index (κ2) is 3.04. The summed E-state index contributed by atoms with van der Waals surface area (Å²) < 4.78 is 0. The van der Waals surface area contributed by atoms with Crippen molar-refractivity contribution in [3.05, 3.63) is 16.1 Å². The summed E-state index contributed by atoms with van der Waals surface area (Å²) in [5.41, 5.74) is -0.585. The van der Waals surface area contributed by atoms with E-state index in [1.54, 1.807) is 17.5 Å². The minimum atomic E-state index is -0.702. The number of carbonyl (C=O) groups is 1. The molecule has 0 saturated heterocycles. The van der Waals surface area contributed by atoms with Crippen molar-refractivity contribution >= 4 is 17.3 Å². The molecule has 15 heavy (non-hydrogen) atoms. The van der Waals surface area contributed by atoms with Crippen molar-refractivity contribution in [2.24, 2.45) is 0 Å². The zero-order valence-corrected chi connectivity index (χ0v) is 10.0. The van der Waals surface area contributed by atoms with E-state index in [9.17, 15) is 4.79 Å². The molecule has 1 fully saturated rings. The predicted molar refractivity (Wildman–Crippen MR) is 59.4 cm³/mol. The summed E-state index contributed by atoms with van der Waals surface area (Å²) in [5, 5.41) is 10.2. The Kier molecular flexibility index (Phi) is 2.15. The average molecular weight is 225 g/mol. The number of nitrogens with zero attached hydrogens (tertiary/aromatic N) is 1. The van der Waals surface area contributed by atoms with Gasteiger partial charge in [-0.1, -0.05) is 20.8 Å². The summed E-state index contributed by atoms with van der Waals surface area (Å²) in [6, 6.07) is 0. The van der Waals surface area contributed by atoms with E-state index in [1.165, 1.54) is 0 Å². The smallest absolute Gasteiger partial charge is 0.315 e. The van der Waals surface area contributed by atoms with Crippen LogP contribution >= 0.6 is 11.3 Å². The number of rotatable bonds is 2. The Morgan fingerprint density at radius 1 is 1.53 bits per heavy atom. The first kappa shape index (κ1) is 10.6. The summed E-state index contributed by atoms with van der Waals surface area (Å²) in [6.45, 7) is 6.28. The molecule has 1 saturated carbocycles. The van der Waals surface area contributed by atoms with Crippen molar-refractivity contribution in [3.8, 4) is 0 Å². The number of hydrogen-bond acceptors (Lipinski definition) is 3. The second-order valence-electron chi connectivity index (χ2n) is 5.17. The van der Waals surface area contributed by atoms with Gasteiger partial charge in [-0.3, -0.25) is 4.79 Å². The van der Waals surface area contributed by atoms with Crippen LogP contribution in [0, 0.1) is 0 Å². The van der Waals surface area contributed by atoms with Crippen LogP contribution in [0.3, 0.4) is 0 Å². The Morgan fingerprint density at radius 2 is 2.13 bits per heavy atom. The second-order valence-corrected chi connectivity index (χ2v) is 6.20. The van der Waals surface area contributed by atoms with Crippen molar-refractivity contribution in [1.29, 1.82) is 0 Å². The molecule has 1 N–H and O–H groups in total. The van der Waals surface area contributed by atoms with E-state index in [1.807, 2.05) is 0 Å². The van der Waals surface area contributed by atoms with Crippen LogP contribution < -0.4 is 0 Å². The molecule has 0 aromatic carbocycles. The maximum atomic E-state index is 11.1. The molecule has 0 bridgehead atoms. The summed E-state index contributed by atoms with van der Waals surface area (Å²) in [7, 11) is 0. The fraction of sp³-hybridized carbons (Fsp3) is 0.636. The van der Waals surface area contributed by atoms with Crippen LogP contribution in [-0.4, -0.2) is 16.1 Å². The van der Waals surface area contributed by atoms with Gasteiger partial charge in [0.2, 0.25) is 0 Å². The van der Waals surface area contributed by atoms with Crippen molar-refractivity contribution in [1.82, 2.24) is 4.98 Å². The summed E-state index contributed by atoms with van der Waals surface area (Å²) in [6.07, 6.45) is 3.26. The lowest BCUT2D eigenvalue weighted by Gasteiger charge is -2.13. The first-order valence-electron chi connectivity index (χ1n) is 5.06. The zero-order chi connectivity index (χ0) is 11.3. The normalized spacial score (nSPS) is 18.9. The van der Waals surface area contributed by atoms with E-state index in [0.717, 1.165) is 22.7 Å². The molecule has 82 valence electrons. The third kappa shape index (κ3) is 1.67. The Balaban J connectivity index is 2.33. The molecule has 0 unspecified atom stereocenters. The number of hydrogen-bond donors (Lipinski definition) is 1. The van der Waals surface area contributed by atoms with Crippen LogP contribution in [-0.2, 0) is 15.6 Å². The highest BCUT2D eigenvalue weighted by Crippen LogP contribution is 2.51. The molecule has 0 radical (unpaired) electrons. The van der Waals surface area contributed by atoms with E-state index in [2.05, 4.69) is 25.8 Å². The number of carboxylic acid groups (broad SMARTS) is 1. The lowest BCUT2D eigenvalue weighted by atomic mass is 9.98.